The summed E-state index contributed by atoms with van der Waals surface area (Å²) < 4.78 is 0. The van der Waals surface area contributed by atoms with Gasteiger partial charge in [-0.3, -0.25) is 9.59 Å². The lowest BCUT2D eigenvalue weighted by Crippen LogP contribution is -2.09. The van der Waals surface area contributed by atoms with Crippen molar-refractivity contribution >= 4 is 12.1 Å². The van der Waals surface area contributed by atoms with Crippen molar-refractivity contribution in [2.75, 3.05) is 0 Å². The van der Waals surface area contributed by atoms with E-state index in [1.165, 1.54) is 0 Å². The average Bonchev–Trinajstić information content (AvgIpc) is 2.18. The third kappa shape index (κ3) is 1.80. The third-order valence-electron chi connectivity index (χ3n) is 3.29. The number of carbonyl (C=O) groups is 2. The van der Waals surface area contributed by atoms with Crippen LogP contribution in [-0.2, 0) is 6.42 Å². The molecule has 0 saturated heterocycles. The number of hydrogen-bond acceptors (Lipinski definition) is 2. The summed E-state index contributed by atoms with van der Waals surface area (Å²) in [5.41, 5.74) is 5.36. The first kappa shape index (κ1) is 12.6. The highest BCUT2D eigenvalue weighted by molar-refractivity contribution is 6.00. The van der Waals surface area contributed by atoms with Crippen LogP contribution in [0.2, 0.25) is 0 Å². The molecular formula is C14H18O2. The first-order valence-corrected chi connectivity index (χ1v) is 5.54. The zero-order valence-electron chi connectivity index (χ0n) is 10.6. The summed E-state index contributed by atoms with van der Waals surface area (Å²) in [6.45, 7) is 9.36. The van der Waals surface area contributed by atoms with Gasteiger partial charge in [-0.05, 0) is 56.4 Å². The molecule has 0 fully saturated rings. The Balaban J connectivity index is 3.76. The SMILES string of the molecule is CCc1c(C)c(C=O)c(C)c(C(C)=O)c1C. The minimum atomic E-state index is 0.0350. The van der Waals surface area contributed by atoms with Crippen LogP contribution >= 0.6 is 0 Å². The maximum atomic E-state index is 11.6. The summed E-state index contributed by atoms with van der Waals surface area (Å²) in [5.74, 6) is 0.0350. The monoisotopic (exact) mass is 218 g/mol. The van der Waals surface area contributed by atoms with E-state index in [-0.39, 0.29) is 5.78 Å². The van der Waals surface area contributed by atoms with Crippen LogP contribution in [0.15, 0.2) is 0 Å². The predicted octanol–water partition coefficient (Wildman–Crippen LogP) is 3.19. The first-order chi connectivity index (χ1) is 7.45. The molecule has 1 aromatic rings. The highest BCUT2D eigenvalue weighted by Gasteiger charge is 2.17. The third-order valence-corrected chi connectivity index (χ3v) is 3.29. The minimum absolute atomic E-state index is 0.0350. The molecule has 1 aromatic carbocycles. The molecule has 0 aliphatic carbocycles. The maximum absolute atomic E-state index is 11.6. The van der Waals surface area contributed by atoms with E-state index < -0.39 is 0 Å². The van der Waals surface area contributed by atoms with E-state index in [2.05, 4.69) is 0 Å². The van der Waals surface area contributed by atoms with Gasteiger partial charge in [-0.15, -0.1) is 0 Å². The molecule has 0 radical (unpaired) electrons. The van der Waals surface area contributed by atoms with Crippen molar-refractivity contribution in [1.82, 2.24) is 0 Å². The lowest BCUT2D eigenvalue weighted by Gasteiger charge is -2.17. The van der Waals surface area contributed by atoms with Gasteiger partial charge in [-0.1, -0.05) is 6.92 Å². The maximum Gasteiger partial charge on any atom is 0.160 e. The summed E-state index contributed by atoms with van der Waals surface area (Å²) >= 11 is 0. The van der Waals surface area contributed by atoms with Gasteiger partial charge in [0.1, 0.15) is 0 Å². The lowest BCUT2D eigenvalue weighted by molar-refractivity contribution is 0.101. The Morgan fingerprint density at radius 1 is 1.12 bits per heavy atom. The van der Waals surface area contributed by atoms with Crippen LogP contribution in [0, 0.1) is 20.8 Å². The number of ketones is 1. The smallest absolute Gasteiger partial charge is 0.160 e. The van der Waals surface area contributed by atoms with Crippen molar-refractivity contribution in [3.63, 3.8) is 0 Å². The summed E-state index contributed by atoms with van der Waals surface area (Å²) in [6, 6.07) is 0. The van der Waals surface area contributed by atoms with E-state index in [0.717, 1.165) is 35.0 Å². The van der Waals surface area contributed by atoms with Crippen molar-refractivity contribution < 1.29 is 9.59 Å². The van der Waals surface area contributed by atoms with Crippen molar-refractivity contribution in [2.45, 2.75) is 41.0 Å². The second kappa shape index (κ2) is 4.60. The quantitative estimate of drug-likeness (QED) is 0.576. The van der Waals surface area contributed by atoms with Gasteiger partial charge in [0.15, 0.2) is 12.1 Å². The molecule has 16 heavy (non-hydrogen) atoms. The van der Waals surface area contributed by atoms with Gasteiger partial charge in [0, 0.05) is 11.1 Å². The number of hydrogen-bond donors (Lipinski definition) is 0. The molecule has 86 valence electrons. The van der Waals surface area contributed by atoms with Gasteiger partial charge in [-0.25, -0.2) is 0 Å². The zero-order valence-corrected chi connectivity index (χ0v) is 10.6. The van der Waals surface area contributed by atoms with E-state index in [4.69, 9.17) is 0 Å². The van der Waals surface area contributed by atoms with Crippen molar-refractivity contribution in [3.8, 4) is 0 Å². The van der Waals surface area contributed by atoms with Gasteiger partial charge in [-0.2, -0.15) is 0 Å². The first-order valence-electron chi connectivity index (χ1n) is 5.54. The van der Waals surface area contributed by atoms with Gasteiger partial charge in [0.25, 0.3) is 0 Å². The fraction of sp³-hybridized carbons (Fsp3) is 0.429. The molecule has 0 spiro atoms. The van der Waals surface area contributed by atoms with E-state index in [1.54, 1.807) is 6.92 Å². The molecule has 2 nitrogen and oxygen atoms in total. The number of aldehydes is 1. The zero-order chi connectivity index (χ0) is 12.5. The molecule has 0 bridgehead atoms. The van der Waals surface area contributed by atoms with Crippen molar-refractivity contribution in [2.24, 2.45) is 0 Å². The molecule has 0 unspecified atom stereocenters. The van der Waals surface area contributed by atoms with Gasteiger partial charge >= 0.3 is 0 Å². The van der Waals surface area contributed by atoms with E-state index >= 15 is 0 Å². The molecule has 0 aromatic heterocycles. The Bertz CT molecular complexity index is 457. The Morgan fingerprint density at radius 3 is 2.06 bits per heavy atom. The highest BCUT2D eigenvalue weighted by atomic mass is 16.1. The molecule has 0 saturated carbocycles. The van der Waals surface area contributed by atoms with Crippen LogP contribution in [0.5, 0.6) is 0 Å². The second-order valence-corrected chi connectivity index (χ2v) is 4.17. The van der Waals surface area contributed by atoms with Crippen LogP contribution in [-0.4, -0.2) is 12.1 Å². The van der Waals surface area contributed by atoms with Crippen LogP contribution in [0.4, 0.5) is 0 Å². The number of carbonyl (C=O) groups excluding carboxylic acids is 2. The summed E-state index contributed by atoms with van der Waals surface area (Å²) in [5, 5.41) is 0. The van der Waals surface area contributed by atoms with Gasteiger partial charge < -0.3 is 0 Å². The lowest BCUT2D eigenvalue weighted by atomic mass is 9.86. The van der Waals surface area contributed by atoms with Gasteiger partial charge in [0.05, 0.1) is 0 Å². The van der Waals surface area contributed by atoms with E-state index in [0.29, 0.717) is 11.1 Å². The van der Waals surface area contributed by atoms with E-state index in [9.17, 15) is 9.59 Å². The molecular weight excluding hydrogens is 200 g/mol. The molecule has 0 N–H and O–H groups in total. The normalized spacial score (nSPS) is 10.3. The van der Waals surface area contributed by atoms with Crippen molar-refractivity contribution in [1.29, 1.82) is 0 Å². The Kier molecular flexibility index (Phi) is 3.63. The average molecular weight is 218 g/mol. The van der Waals surface area contributed by atoms with Crippen LogP contribution in [0.3, 0.4) is 0 Å². The predicted molar refractivity (Wildman–Crippen MR) is 65.4 cm³/mol. The molecule has 0 amide bonds. The number of benzene rings is 1. The molecule has 0 atom stereocenters. The Hall–Kier alpha value is -1.44. The van der Waals surface area contributed by atoms with Crippen molar-refractivity contribution in [3.05, 3.63) is 33.4 Å². The topological polar surface area (TPSA) is 34.1 Å². The highest BCUT2D eigenvalue weighted by Crippen LogP contribution is 2.26. The summed E-state index contributed by atoms with van der Waals surface area (Å²) in [7, 11) is 0. The standard InChI is InChI=1S/C14H18O2/c1-6-12-8(2)13(7-15)10(4)14(9(12)3)11(5)16/h7H,6H2,1-5H3. The molecule has 0 aliphatic heterocycles. The molecule has 0 heterocycles. The van der Waals surface area contributed by atoms with Crippen LogP contribution < -0.4 is 0 Å². The molecule has 1 rings (SSSR count). The number of rotatable bonds is 3. The second-order valence-electron chi connectivity index (χ2n) is 4.17. The minimum Gasteiger partial charge on any atom is -0.298 e. The largest absolute Gasteiger partial charge is 0.298 e. The molecule has 2 heteroatoms. The van der Waals surface area contributed by atoms with Crippen LogP contribution in [0.25, 0.3) is 0 Å². The Labute approximate surface area is 96.7 Å². The fourth-order valence-electron chi connectivity index (χ4n) is 2.53. The molecule has 0 aliphatic rings. The summed E-state index contributed by atoms with van der Waals surface area (Å²) in [6.07, 6.45) is 1.70. The Morgan fingerprint density at radius 2 is 1.69 bits per heavy atom. The van der Waals surface area contributed by atoms with E-state index in [1.807, 2.05) is 27.7 Å². The number of Topliss-reactive ketones (excluding diaryl/α,β-unsaturated/α-hetero) is 1. The summed E-state index contributed by atoms with van der Waals surface area (Å²) in [4.78, 5) is 22.7. The van der Waals surface area contributed by atoms with Crippen LogP contribution in [0.1, 0.15) is 56.8 Å². The van der Waals surface area contributed by atoms with Gasteiger partial charge in [0.2, 0.25) is 0 Å². The fourth-order valence-corrected chi connectivity index (χ4v) is 2.53.